The number of hydrogen-bond acceptors (Lipinski definition) is 7. The summed E-state index contributed by atoms with van der Waals surface area (Å²) >= 11 is 3.08. The standard InChI is InChI=1S/C14H9N5O2S2/c20-19(21)10-4-1-3-9(7-10)11-8-23-14-16-15-13(18(14)17-11)12-5-2-6-22-12/h1-7H,8H2. The molecular formula is C14H9N5O2S2. The third kappa shape index (κ3) is 2.53. The highest BCUT2D eigenvalue weighted by atomic mass is 32.2. The summed E-state index contributed by atoms with van der Waals surface area (Å²) in [4.78, 5) is 11.5. The van der Waals surface area contributed by atoms with E-state index in [1.165, 1.54) is 17.8 Å². The van der Waals surface area contributed by atoms with Crippen molar-refractivity contribution in [3.8, 4) is 10.7 Å². The molecule has 0 fully saturated rings. The van der Waals surface area contributed by atoms with Gasteiger partial charge in [-0.1, -0.05) is 30.0 Å². The molecule has 0 unspecified atom stereocenters. The maximum absolute atomic E-state index is 10.9. The van der Waals surface area contributed by atoms with Crippen LogP contribution < -0.4 is 0 Å². The number of nitro groups is 1. The number of aromatic nitrogens is 3. The number of thioether (sulfide) groups is 1. The van der Waals surface area contributed by atoms with E-state index in [9.17, 15) is 10.1 Å². The van der Waals surface area contributed by atoms with Crippen LogP contribution in [0.3, 0.4) is 0 Å². The molecule has 3 heterocycles. The second-order valence-electron chi connectivity index (χ2n) is 4.74. The van der Waals surface area contributed by atoms with Crippen molar-refractivity contribution in [1.29, 1.82) is 0 Å². The molecule has 0 bridgehead atoms. The van der Waals surface area contributed by atoms with Crippen LogP contribution in [0.2, 0.25) is 0 Å². The zero-order valence-corrected chi connectivity index (χ0v) is 13.3. The van der Waals surface area contributed by atoms with Crippen LogP contribution in [0.4, 0.5) is 5.69 Å². The number of benzene rings is 1. The molecule has 4 rings (SSSR count). The molecule has 23 heavy (non-hydrogen) atoms. The normalized spacial score (nSPS) is 13.5. The van der Waals surface area contributed by atoms with Crippen molar-refractivity contribution in [1.82, 2.24) is 14.9 Å². The van der Waals surface area contributed by atoms with E-state index < -0.39 is 4.92 Å². The quantitative estimate of drug-likeness (QED) is 0.538. The Morgan fingerprint density at radius 3 is 2.91 bits per heavy atom. The van der Waals surface area contributed by atoms with Gasteiger partial charge in [0.2, 0.25) is 5.16 Å². The number of fused-ring (bicyclic) bond motifs is 1. The first-order valence-electron chi connectivity index (χ1n) is 6.67. The van der Waals surface area contributed by atoms with Crippen molar-refractivity contribution < 1.29 is 4.92 Å². The SMILES string of the molecule is O=[N+]([O-])c1cccc(C2=Nn3c(nnc3-c3cccs3)SC2)c1. The minimum atomic E-state index is -0.401. The number of nitro benzene ring substituents is 1. The highest BCUT2D eigenvalue weighted by Crippen LogP contribution is 2.30. The van der Waals surface area contributed by atoms with Gasteiger partial charge >= 0.3 is 0 Å². The van der Waals surface area contributed by atoms with Crippen LogP contribution in [0.25, 0.3) is 10.7 Å². The van der Waals surface area contributed by atoms with Crippen LogP contribution in [0.15, 0.2) is 52.0 Å². The average Bonchev–Trinajstić information content (AvgIpc) is 3.23. The molecule has 0 aliphatic carbocycles. The van der Waals surface area contributed by atoms with E-state index in [0.717, 1.165) is 21.3 Å². The lowest BCUT2D eigenvalue weighted by Gasteiger charge is -2.13. The van der Waals surface area contributed by atoms with Crippen LogP contribution in [0.5, 0.6) is 0 Å². The first kappa shape index (κ1) is 14.1. The third-order valence-electron chi connectivity index (χ3n) is 3.30. The van der Waals surface area contributed by atoms with Gasteiger partial charge < -0.3 is 0 Å². The topological polar surface area (TPSA) is 86.2 Å². The van der Waals surface area contributed by atoms with Gasteiger partial charge in [-0.3, -0.25) is 10.1 Å². The summed E-state index contributed by atoms with van der Waals surface area (Å²) in [6, 6.07) is 10.4. The first-order valence-corrected chi connectivity index (χ1v) is 8.53. The van der Waals surface area contributed by atoms with Gasteiger partial charge in [0, 0.05) is 23.4 Å². The lowest BCUT2D eigenvalue weighted by atomic mass is 10.1. The highest BCUT2D eigenvalue weighted by molar-refractivity contribution is 7.99. The van der Waals surface area contributed by atoms with Crippen molar-refractivity contribution in [3.05, 3.63) is 57.5 Å². The molecule has 7 nitrogen and oxygen atoms in total. The van der Waals surface area contributed by atoms with Gasteiger partial charge in [-0.05, 0) is 11.4 Å². The molecular weight excluding hydrogens is 334 g/mol. The molecule has 0 saturated carbocycles. The van der Waals surface area contributed by atoms with Gasteiger partial charge in [-0.2, -0.15) is 9.78 Å². The Labute approximate surface area is 138 Å². The molecule has 1 aliphatic heterocycles. The van der Waals surface area contributed by atoms with Gasteiger partial charge in [0.25, 0.3) is 5.69 Å². The number of nitrogens with zero attached hydrogens (tertiary/aromatic N) is 5. The summed E-state index contributed by atoms with van der Waals surface area (Å²) in [5.74, 6) is 1.29. The van der Waals surface area contributed by atoms with Crippen molar-refractivity contribution in [2.75, 3.05) is 5.75 Å². The summed E-state index contributed by atoms with van der Waals surface area (Å²) in [5, 5.41) is 26.6. The fourth-order valence-electron chi connectivity index (χ4n) is 2.23. The smallest absolute Gasteiger partial charge is 0.258 e. The van der Waals surface area contributed by atoms with Gasteiger partial charge in [-0.15, -0.1) is 21.5 Å². The Morgan fingerprint density at radius 1 is 1.22 bits per heavy atom. The molecule has 9 heteroatoms. The highest BCUT2D eigenvalue weighted by Gasteiger charge is 2.21. The maximum atomic E-state index is 10.9. The van der Waals surface area contributed by atoms with Gasteiger partial charge in [0.15, 0.2) is 5.82 Å². The molecule has 0 atom stereocenters. The molecule has 3 aromatic rings. The van der Waals surface area contributed by atoms with Crippen molar-refractivity contribution in [2.45, 2.75) is 5.16 Å². The number of non-ortho nitro benzene ring substituents is 1. The fourth-order valence-corrected chi connectivity index (χ4v) is 3.76. The van der Waals surface area contributed by atoms with E-state index in [-0.39, 0.29) is 5.69 Å². The number of hydrogen-bond donors (Lipinski definition) is 0. The van der Waals surface area contributed by atoms with Gasteiger partial charge in [0.05, 0.1) is 15.5 Å². The van der Waals surface area contributed by atoms with E-state index >= 15 is 0 Å². The summed E-state index contributed by atoms with van der Waals surface area (Å²) in [6.07, 6.45) is 0. The second-order valence-corrected chi connectivity index (χ2v) is 6.63. The zero-order valence-electron chi connectivity index (χ0n) is 11.6. The minimum Gasteiger partial charge on any atom is -0.258 e. The van der Waals surface area contributed by atoms with Gasteiger partial charge in [-0.25, -0.2) is 0 Å². The Balaban J connectivity index is 1.79. The lowest BCUT2D eigenvalue weighted by Crippen LogP contribution is -2.13. The first-order chi connectivity index (χ1) is 11.2. The van der Waals surface area contributed by atoms with Crippen molar-refractivity contribution in [2.24, 2.45) is 5.10 Å². The molecule has 0 saturated heterocycles. The van der Waals surface area contributed by atoms with Gasteiger partial charge in [0.1, 0.15) is 0 Å². The molecule has 0 amide bonds. The molecule has 1 aromatic carbocycles. The monoisotopic (exact) mass is 343 g/mol. The minimum absolute atomic E-state index is 0.0585. The zero-order chi connectivity index (χ0) is 15.8. The summed E-state index contributed by atoms with van der Waals surface area (Å²) < 4.78 is 1.70. The molecule has 0 radical (unpaired) electrons. The van der Waals surface area contributed by atoms with Crippen LogP contribution in [-0.2, 0) is 0 Å². The van der Waals surface area contributed by atoms with Crippen LogP contribution in [0, 0.1) is 10.1 Å². The average molecular weight is 343 g/mol. The lowest BCUT2D eigenvalue weighted by molar-refractivity contribution is -0.384. The number of thiophene rings is 1. The molecule has 2 aromatic heterocycles. The summed E-state index contributed by atoms with van der Waals surface area (Å²) in [5.41, 5.74) is 1.57. The summed E-state index contributed by atoms with van der Waals surface area (Å²) in [7, 11) is 0. The Kier molecular flexibility index (Phi) is 3.43. The van der Waals surface area contributed by atoms with E-state index in [0.29, 0.717) is 11.6 Å². The van der Waals surface area contributed by atoms with Crippen LogP contribution >= 0.6 is 23.1 Å². The molecule has 0 N–H and O–H groups in total. The largest absolute Gasteiger partial charge is 0.270 e. The maximum Gasteiger partial charge on any atom is 0.270 e. The van der Waals surface area contributed by atoms with E-state index in [1.807, 2.05) is 23.6 Å². The molecule has 1 aliphatic rings. The fraction of sp³-hybridized carbons (Fsp3) is 0.0714. The molecule has 0 spiro atoms. The molecule has 114 valence electrons. The second kappa shape index (κ2) is 5.60. The summed E-state index contributed by atoms with van der Waals surface area (Å²) in [6.45, 7) is 0. The van der Waals surface area contributed by atoms with Crippen LogP contribution in [-0.4, -0.2) is 31.3 Å². The predicted octanol–water partition coefficient (Wildman–Crippen LogP) is 3.27. The van der Waals surface area contributed by atoms with E-state index in [4.69, 9.17) is 0 Å². The Hall–Kier alpha value is -2.52. The van der Waals surface area contributed by atoms with Crippen molar-refractivity contribution >= 4 is 34.5 Å². The number of rotatable bonds is 3. The third-order valence-corrected chi connectivity index (χ3v) is 5.10. The van der Waals surface area contributed by atoms with Crippen molar-refractivity contribution in [3.63, 3.8) is 0 Å². The Morgan fingerprint density at radius 2 is 2.13 bits per heavy atom. The van der Waals surface area contributed by atoms with E-state index in [2.05, 4.69) is 15.3 Å². The van der Waals surface area contributed by atoms with E-state index in [1.54, 1.807) is 28.1 Å². The predicted molar refractivity (Wildman–Crippen MR) is 89.1 cm³/mol. The van der Waals surface area contributed by atoms with Crippen LogP contribution in [0.1, 0.15) is 5.56 Å². The Bertz CT molecular complexity index is 917.